The van der Waals surface area contributed by atoms with Gasteiger partial charge in [0.2, 0.25) is 5.89 Å². The van der Waals surface area contributed by atoms with Crippen molar-refractivity contribution in [1.29, 1.82) is 0 Å². The van der Waals surface area contributed by atoms with Gasteiger partial charge in [-0.25, -0.2) is 9.37 Å². The predicted molar refractivity (Wildman–Crippen MR) is 101 cm³/mol. The fourth-order valence-electron chi connectivity index (χ4n) is 3.03. The number of hydrogen-bond donors (Lipinski definition) is 0. The van der Waals surface area contributed by atoms with E-state index in [2.05, 4.69) is 25.8 Å². The molecule has 1 aromatic heterocycles. The molecule has 0 atom stereocenters. The van der Waals surface area contributed by atoms with E-state index in [-0.39, 0.29) is 17.8 Å². The Kier molecular flexibility index (Phi) is 5.05. The van der Waals surface area contributed by atoms with Crippen molar-refractivity contribution >= 4 is 11.6 Å². The van der Waals surface area contributed by atoms with Crippen molar-refractivity contribution in [3.05, 3.63) is 70.6 Å². The number of nitrogens with zero attached hydrogens (tertiary/aromatic N) is 1. The van der Waals surface area contributed by atoms with E-state index in [0.29, 0.717) is 27.8 Å². The van der Waals surface area contributed by atoms with Gasteiger partial charge in [0, 0.05) is 11.1 Å². The molecule has 0 unspecified atom stereocenters. The minimum Gasteiger partial charge on any atom is -0.483 e. The van der Waals surface area contributed by atoms with Crippen molar-refractivity contribution < 1.29 is 13.5 Å². The Morgan fingerprint density at radius 3 is 2.62 bits per heavy atom. The number of benzene rings is 2. The summed E-state index contributed by atoms with van der Waals surface area (Å²) in [7, 11) is 0. The second-order valence-electron chi connectivity index (χ2n) is 7.22. The quantitative estimate of drug-likeness (QED) is 0.536. The van der Waals surface area contributed by atoms with E-state index < -0.39 is 0 Å². The molecule has 0 amide bonds. The van der Waals surface area contributed by atoms with Crippen LogP contribution in [0.4, 0.5) is 4.39 Å². The highest BCUT2D eigenvalue weighted by molar-refractivity contribution is 6.33. The Morgan fingerprint density at radius 2 is 2.00 bits per heavy atom. The Labute approximate surface area is 157 Å². The third-order valence-corrected chi connectivity index (χ3v) is 4.52. The fraction of sp³-hybridized carbons (Fsp3) is 0.286. The topological polar surface area (TPSA) is 35.3 Å². The molecule has 0 aliphatic carbocycles. The van der Waals surface area contributed by atoms with Crippen LogP contribution in [0, 0.1) is 12.7 Å². The first-order valence-electron chi connectivity index (χ1n) is 8.38. The van der Waals surface area contributed by atoms with Crippen LogP contribution in [-0.2, 0) is 12.0 Å². The molecule has 0 saturated carbocycles. The number of aryl methyl sites for hydroxylation is 1. The van der Waals surface area contributed by atoms with E-state index in [1.807, 2.05) is 19.1 Å². The lowest BCUT2D eigenvalue weighted by atomic mass is 9.82. The van der Waals surface area contributed by atoms with Gasteiger partial charge in [-0.05, 0) is 47.7 Å². The van der Waals surface area contributed by atoms with Crippen molar-refractivity contribution in [2.24, 2.45) is 0 Å². The molecule has 3 aromatic rings. The average Bonchev–Trinajstić information content (AvgIpc) is 3.06. The van der Waals surface area contributed by atoms with Crippen molar-refractivity contribution in [2.75, 3.05) is 0 Å². The predicted octanol–water partition coefficient (Wildman–Crippen LogP) is 6.32. The smallest absolute Gasteiger partial charge is 0.232 e. The van der Waals surface area contributed by atoms with Gasteiger partial charge in [0.05, 0.1) is 11.2 Å². The molecule has 0 radical (unpaired) electrons. The Bertz CT molecular complexity index is 894. The highest BCUT2D eigenvalue weighted by atomic mass is 35.5. The van der Waals surface area contributed by atoms with Crippen molar-refractivity contribution in [3.63, 3.8) is 0 Å². The molecule has 0 N–H and O–H groups in total. The first-order valence-corrected chi connectivity index (χ1v) is 8.76. The van der Waals surface area contributed by atoms with E-state index in [9.17, 15) is 4.39 Å². The van der Waals surface area contributed by atoms with Crippen LogP contribution in [0.15, 0.2) is 47.2 Å². The van der Waals surface area contributed by atoms with E-state index in [4.69, 9.17) is 20.8 Å². The molecule has 2 aromatic carbocycles. The summed E-state index contributed by atoms with van der Waals surface area (Å²) in [5.74, 6) is 0.612. The molecule has 3 rings (SSSR count). The molecule has 0 aliphatic heterocycles. The molecule has 0 bridgehead atoms. The summed E-state index contributed by atoms with van der Waals surface area (Å²) >= 11 is 6.29. The summed E-state index contributed by atoms with van der Waals surface area (Å²) in [6.07, 6.45) is 3.05. The van der Waals surface area contributed by atoms with Crippen LogP contribution < -0.4 is 4.74 Å². The molecule has 26 heavy (non-hydrogen) atoms. The monoisotopic (exact) mass is 373 g/mol. The van der Waals surface area contributed by atoms with Crippen LogP contribution >= 0.6 is 11.6 Å². The standard InChI is InChI=1S/C21H21ClFNO2/c1-13-10-14(20-16(22)6-5-7-17(20)23)18(11-15(13)21(2,3)4)26-12-19-24-8-9-25-19/h5-11H,12H2,1-4H3. The summed E-state index contributed by atoms with van der Waals surface area (Å²) in [4.78, 5) is 4.07. The van der Waals surface area contributed by atoms with Crippen molar-refractivity contribution in [3.8, 4) is 16.9 Å². The molecule has 136 valence electrons. The van der Waals surface area contributed by atoms with E-state index in [0.717, 1.165) is 11.1 Å². The SMILES string of the molecule is Cc1cc(-c2c(F)cccc2Cl)c(OCc2ncco2)cc1C(C)(C)C. The van der Waals surface area contributed by atoms with Gasteiger partial charge in [0.1, 0.15) is 17.8 Å². The maximum atomic E-state index is 14.5. The third kappa shape index (κ3) is 3.75. The zero-order valence-electron chi connectivity index (χ0n) is 15.3. The number of oxazole rings is 1. The van der Waals surface area contributed by atoms with Crippen LogP contribution in [0.25, 0.3) is 11.1 Å². The Hall–Kier alpha value is -2.33. The highest BCUT2D eigenvalue weighted by Gasteiger charge is 2.22. The third-order valence-electron chi connectivity index (χ3n) is 4.20. The van der Waals surface area contributed by atoms with Crippen LogP contribution in [0.5, 0.6) is 5.75 Å². The van der Waals surface area contributed by atoms with E-state index in [1.54, 1.807) is 18.3 Å². The fourth-order valence-corrected chi connectivity index (χ4v) is 3.29. The maximum absolute atomic E-state index is 14.5. The molecule has 1 heterocycles. The van der Waals surface area contributed by atoms with Gasteiger partial charge < -0.3 is 9.15 Å². The molecular weight excluding hydrogens is 353 g/mol. The van der Waals surface area contributed by atoms with Crippen LogP contribution in [0.3, 0.4) is 0 Å². The average molecular weight is 374 g/mol. The highest BCUT2D eigenvalue weighted by Crippen LogP contribution is 2.41. The second kappa shape index (κ2) is 7.12. The molecule has 0 fully saturated rings. The summed E-state index contributed by atoms with van der Waals surface area (Å²) in [6, 6.07) is 8.54. The molecule has 0 spiro atoms. The number of aromatic nitrogens is 1. The summed E-state index contributed by atoms with van der Waals surface area (Å²) in [5.41, 5.74) is 3.04. The van der Waals surface area contributed by atoms with Gasteiger partial charge >= 0.3 is 0 Å². The largest absolute Gasteiger partial charge is 0.483 e. The van der Waals surface area contributed by atoms with Crippen LogP contribution in [0.2, 0.25) is 5.02 Å². The Morgan fingerprint density at radius 1 is 1.23 bits per heavy atom. The second-order valence-corrected chi connectivity index (χ2v) is 7.63. The first-order chi connectivity index (χ1) is 12.3. The summed E-state index contributed by atoms with van der Waals surface area (Å²) < 4.78 is 25.7. The van der Waals surface area contributed by atoms with E-state index >= 15 is 0 Å². The normalized spacial score (nSPS) is 11.6. The maximum Gasteiger partial charge on any atom is 0.232 e. The van der Waals surface area contributed by atoms with Gasteiger partial charge in [-0.15, -0.1) is 0 Å². The number of rotatable bonds is 4. The number of halogens is 2. The molecule has 3 nitrogen and oxygen atoms in total. The van der Waals surface area contributed by atoms with Crippen LogP contribution in [-0.4, -0.2) is 4.98 Å². The molecule has 0 saturated heterocycles. The van der Waals surface area contributed by atoms with Crippen molar-refractivity contribution in [2.45, 2.75) is 39.7 Å². The van der Waals surface area contributed by atoms with Gasteiger partial charge in [0.25, 0.3) is 0 Å². The summed E-state index contributed by atoms with van der Waals surface area (Å²) in [5, 5.41) is 0.342. The minimum atomic E-state index is -0.388. The lowest BCUT2D eigenvalue weighted by Crippen LogP contribution is -2.14. The number of hydrogen-bond acceptors (Lipinski definition) is 3. The van der Waals surface area contributed by atoms with Gasteiger partial charge in [0.15, 0.2) is 6.61 Å². The van der Waals surface area contributed by atoms with Gasteiger partial charge in [-0.1, -0.05) is 38.4 Å². The zero-order valence-corrected chi connectivity index (χ0v) is 16.0. The van der Waals surface area contributed by atoms with Gasteiger partial charge in [-0.3, -0.25) is 0 Å². The minimum absolute atomic E-state index is 0.0807. The lowest BCUT2D eigenvalue weighted by molar-refractivity contribution is 0.263. The lowest BCUT2D eigenvalue weighted by Gasteiger charge is -2.24. The zero-order chi connectivity index (χ0) is 18.9. The van der Waals surface area contributed by atoms with Crippen LogP contribution in [0.1, 0.15) is 37.8 Å². The summed E-state index contributed by atoms with van der Waals surface area (Å²) in [6.45, 7) is 8.55. The molecule has 5 heteroatoms. The Balaban J connectivity index is 2.14. The molecule has 0 aliphatic rings. The molecular formula is C21H21ClFNO2. The van der Waals surface area contributed by atoms with Gasteiger partial charge in [-0.2, -0.15) is 0 Å². The number of ether oxygens (including phenoxy) is 1. The first kappa shape index (κ1) is 18.5. The van der Waals surface area contributed by atoms with Crippen molar-refractivity contribution in [1.82, 2.24) is 4.98 Å². The van der Waals surface area contributed by atoms with E-state index in [1.165, 1.54) is 12.3 Å².